The summed E-state index contributed by atoms with van der Waals surface area (Å²) in [6.07, 6.45) is -0.179. The molecular weight excluding hydrogens is 282 g/mol. The van der Waals surface area contributed by atoms with Crippen molar-refractivity contribution >= 4 is 11.9 Å². The van der Waals surface area contributed by atoms with Crippen molar-refractivity contribution in [3.05, 3.63) is 29.8 Å². The summed E-state index contributed by atoms with van der Waals surface area (Å²) in [5.74, 6) is -0.326. The fourth-order valence-corrected chi connectivity index (χ4v) is 1.77. The Balaban J connectivity index is 2.30. The van der Waals surface area contributed by atoms with Crippen LogP contribution in [0.5, 0.6) is 5.75 Å². The van der Waals surface area contributed by atoms with Gasteiger partial charge in [-0.2, -0.15) is 0 Å². The van der Waals surface area contributed by atoms with Crippen LogP contribution in [-0.2, 0) is 19.7 Å². The quantitative estimate of drug-likeness (QED) is 0.620. The third-order valence-electron chi connectivity index (χ3n) is 3.22. The van der Waals surface area contributed by atoms with E-state index in [1.54, 1.807) is 0 Å². The number of hydrogen-bond acceptors (Lipinski definition) is 4. The van der Waals surface area contributed by atoms with Gasteiger partial charge in [0.2, 0.25) is 0 Å². The second kappa shape index (κ2) is 7.82. The molecule has 5 heteroatoms. The van der Waals surface area contributed by atoms with Gasteiger partial charge in [0, 0.05) is 6.42 Å². The van der Waals surface area contributed by atoms with Crippen molar-refractivity contribution in [1.29, 1.82) is 0 Å². The lowest BCUT2D eigenvalue weighted by Gasteiger charge is -2.19. The topological polar surface area (TPSA) is 78.6 Å². The highest BCUT2D eigenvalue weighted by Gasteiger charge is 2.14. The molecule has 0 bridgehead atoms. The van der Waals surface area contributed by atoms with Crippen LogP contribution >= 0.6 is 0 Å². The maximum Gasteiger partial charge on any atom is 0.306 e. The van der Waals surface area contributed by atoms with E-state index in [1.807, 2.05) is 24.3 Å². The van der Waals surface area contributed by atoms with Crippen LogP contribution in [0.3, 0.4) is 0 Å². The minimum absolute atomic E-state index is 0.111. The number of amides is 1. The van der Waals surface area contributed by atoms with Gasteiger partial charge in [0.1, 0.15) is 5.75 Å². The molecule has 5 nitrogen and oxygen atoms in total. The predicted molar refractivity (Wildman–Crippen MR) is 84.6 cm³/mol. The van der Waals surface area contributed by atoms with Gasteiger partial charge >= 0.3 is 5.97 Å². The van der Waals surface area contributed by atoms with Gasteiger partial charge < -0.3 is 15.2 Å². The first-order valence-corrected chi connectivity index (χ1v) is 7.42. The average molecular weight is 307 g/mol. The number of esters is 1. The Hall–Kier alpha value is -2.04. The third-order valence-corrected chi connectivity index (χ3v) is 3.22. The molecule has 1 aromatic rings. The molecule has 0 heterocycles. The summed E-state index contributed by atoms with van der Waals surface area (Å²) in [5.41, 5.74) is 6.37. The van der Waals surface area contributed by atoms with Crippen LogP contribution in [-0.4, -0.2) is 24.6 Å². The summed E-state index contributed by atoms with van der Waals surface area (Å²) >= 11 is 0. The molecule has 1 aromatic carbocycles. The Bertz CT molecular complexity index is 502. The average Bonchev–Trinajstić information content (AvgIpc) is 2.43. The zero-order valence-corrected chi connectivity index (χ0v) is 13.7. The van der Waals surface area contributed by atoms with Crippen LogP contribution in [0.15, 0.2) is 24.3 Å². The summed E-state index contributed by atoms with van der Waals surface area (Å²) in [4.78, 5) is 22.2. The standard InChI is InChI=1S/C17H25NO4/c1-12(16(18)20)22-15(19)6-5-11-21-14-9-7-13(8-10-14)17(2,3)4/h7-10,12H,5-6,11H2,1-4H3,(H2,18,20)/t12-/m1/s1. The Morgan fingerprint density at radius 2 is 1.77 bits per heavy atom. The van der Waals surface area contributed by atoms with Gasteiger partial charge in [0.05, 0.1) is 6.61 Å². The van der Waals surface area contributed by atoms with E-state index < -0.39 is 18.0 Å². The molecule has 1 atom stereocenters. The molecule has 0 aliphatic carbocycles. The maximum atomic E-state index is 11.4. The maximum absolute atomic E-state index is 11.4. The van der Waals surface area contributed by atoms with E-state index in [0.717, 1.165) is 5.75 Å². The summed E-state index contributed by atoms with van der Waals surface area (Å²) < 4.78 is 10.4. The molecule has 0 unspecified atom stereocenters. The predicted octanol–water partition coefficient (Wildman–Crippen LogP) is 2.56. The van der Waals surface area contributed by atoms with Crippen LogP contribution in [0.1, 0.15) is 46.1 Å². The van der Waals surface area contributed by atoms with Crippen molar-refractivity contribution in [1.82, 2.24) is 0 Å². The number of carbonyl (C=O) groups excluding carboxylic acids is 2. The molecule has 1 amide bonds. The van der Waals surface area contributed by atoms with Gasteiger partial charge in [-0.25, -0.2) is 0 Å². The minimum Gasteiger partial charge on any atom is -0.494 e. The third kappa shape index (κ3) is 6.16. The Labute approximate surface area is 131 Å². The molecule has 22 heavy (non-hydrogen) atoms. The number of hydrogen-bond donors (Lipinski definition) is 1. The van der Waals surface area contributed by atoms with Crippen molar-refractivity contribution in [2.45, 2.75) is 52.1 Å². The lowest BCUT2D eigenvalue weighted by molar-refractivity contribution is -0.153. The number of ether oxygens (including phenoxy) is 2. The van der Waals surface area contributed by atoms with E-state index in [4.69, 9.17) is 15.2 Å². The monoisotopic (exact) mass is 307 g/mol. The van der Waals surface area contributed by atoms with Gasteiger partial charge in [0.25, 0.3) is 5.91 Å². The normalized spacial score (nSPS) is 12.5. The van der Waals surface area contributed by atoms with E-state index in [9.17, 15) is 9.59 Å². The van der Waals surface area contributed by atoms with E-state index in [2.05, 4.69) is 20.8 Å². The van der Waals surface area contributed by atoms with Crippen LogP contribution in [0, 0.1) is 0 Å². The number of carbonyl (C=O) groups is 2. The van der Waals surface area contributed by atoms with Crippen LogP contribution in [0.4, 0.5) is 0 Å². The van der Waals surface area contributed by atoms with Crippen LogP contribution in [0.2, 0.25) is 0 Å². The highest BCUT2D eigenvalue weighted by Crippen LogP contribution is 2.24. The van der Waals surface area contributed by atoms with Crippen molar-refractivity contribution in [2.24, 2.45) is 5.73 Å². The van der Waals surface area contributed by atoms with E-state index in [-0.39, 0.29) is 11.8 Å². The SMILES string of the molecule is C[C@@H](OC(=O)CCCOc1ccc(C(C)(C)C)cc1)C(N)=O. The summed E-state index contributed by atoms with van der Waals surface area (Å²) in [6, 6.07) is 7.93. The molecule has 0 saturated carbocycles. The largest absolute Gasteiger partial charge is 0.494 e. The molecule has 0 fully saturated rings. The second-order valence-electron chi connectivity index (χ2n) is 6.26. The highest BCUT2D eigenvalue weighted by atomic mass is 16.5. The van der Waals surface area contributed by atoms with Gasteiger partial charge in [-0.1, -0.05) is 32.9 Å². The number of rotatable bonds is 7. The number of nitrogens with two attached hydrogens (primary N) is 1. The zero-order valence-electron chi connectivity index (χ0n) is 13.7. The molecule has 1 rings (SSSR count). The summed E-state index contributed by atoms with van der Waals surface area (Å²) in [6.45, 7) is 8.33. The summed E-state index contributed by atoms with van der Waals surface area (Å²) in [5, 5.41) is 0. The van der Waals surface area contributed by atoms with Crippen molar-refractivity contribution in [2.75, 3.05) is 6.61 Å². The molecule has 0 saturated heterocycles. The lowest BCUT2D eigenvalue weighted by atomic mass is 9.87. The molecule has 0 aromatic heterocycles. The molecule has 0 spiro atoms. The van der Waals surface area contributed by atoms with Gasteiger partial charge in [-0.15, -0.1) is 0 Å². The fourth-order valence-electron chi connectivity index (χ4n) is 1.77. The minimum atomic E-state index is -0.890. The Kier molecular flexibility index (Phi) is 6.40. The van der Waals surface area contributed by atoms with Gasteiger partial charge in [-0.3, -0.25) is 9.59 Å². The molecule has 0 aliphatic rings. The van der Waals surface area contributed by atoms with Crippen molar-refractivity contribution in [3.8, 4) is 5.75 Å². The first-order valence-electron chi connectivity index (χ1n) is 7.42. The molecular formula is C17H25NO4. The van der Waals surface area contributed by atoms with Crippen molar-refractivity contribution in [3.63, 3.8) is 0 Å². The van der Waals surface area contributed by atoms with Crippen LogP contribution < -0.4 is 10.5 Å². The fraction of sp³-hybridized carbons (Fsp3) is 0.529. The number of primary amides is 1. The van der Waals surface area contributed by atoms with Crippen LogP contribution in [0.25, 0.3) is 0 Å². The Morgan fingerprint density at radius 3 is 2.27 bits per heavy atom. The molecule has 0 radical (unpaired) electrons. The first kappa shape index (κ1) is 18.0. The second-order valence-corrected chi connectivity index (χ2v) is 6.26. The molecule has 122 valence electrons. The van der Waals surface area contributed by atoms with E-state index >= 15 is 0 Å². The van der Waals surface area contributed by atoms with Gasteiger partial charge in [-0.05, 0) is 36.5 Å². The molecule has 2 N–H and O–H groups in total. The van der Waals surface area contributed by atoms with Crippen molar-refractivity contribution < 1.29 is 19.1 Å². The molecule has 0 aliphatic heterocycles. The van der Waals surface area contributed by atoms with E-state index in [1.165, 1.54) is 12.5 Å². The smallest absolute Gasteiger partial charge is 0.306 e. The van der Waals surface area contributed by atoms with E-state index in [0.29, 0.717) is 13.0 Å². The summed E-state index contributed by atoms with van der Waals surface area (Å²) in [7, 11) is 0. The number of benzene rings is 1. The Morgan fingerprint density at radius 1 is 1.18 bits per heavy atom. The lowest BCUT2D eigenvalue weighted by Crippen LogP contribution is -2.30. The first-order chi connectivity index (χ1) is 10.2. The van der Waals surface area contributed by atoms with Gasteiger partial charge in [0.15, 0.2) is 6.10 Å². The highest BCUT2D eigenvalue weighted by molar-refractivity contribution is 5.81. The zero-order chi connectivity index (χ0) is 16.8.